The summed E-state index contributed by atoms with van der Waals surface area (Å²) < 4.78 is 23.2. The maximum Gasteiger partial charge on any atom is 0.268 e. The van der Waals surface area contributed by atoms with Gasteiger partial charge in [-0.05, 0) is 57.8 Å². The van der Waals surface area contributed by atoms with Gasteiger partial charge in [0.15, 0.2) is 0 Å². The number of hydrogen-bond acceptors (Lipinski definition) is 6. The maximum absolute atomic E-state index is 12.9. The summed E-state index contributed by atoms with van der Waals surface area (Å²) in [5.74, 6) is -0.207. The number of nitrogens with one attached hydrogen (secondary N) is 1. The van der Waals surface area contributed by atoms with E-state index in [0.29, 0.717) is 17.4 Å². The van der Waals surface area contributed by atoms with Gasteiger partial charge in [-0.25, -0.2) is 0 Å². The summed E-state index contributed by atoms with van der Waals surface area (Å²) in [5, 5.41) is 13.7. The highest BCUT2D eigenvalue weighted by atomic mass is 31.2. The van der Waals surface area contributed by atoms with Crippen LogP contribution in [-0.2, 0) is 18.4 Å². The lowest BCUT2D eigenvalue weighted by atomic mass is 10.0. The number of quaternary nitrogens is 1. The SMILES string of the molecule is CCCCC/C=C/CC/C=C/C(O)C(COP(=O)([O-])OCC[N+](C)(C)C)NC(=O)CCCCCCCCCCCCCCCCCCC/C=C\CCCCCCCCCCCCCC. The van der Waals surface area contributed by atoms with Gasteiger partial charge < -0.3 is 28.8 Å². The van der Waals surface area contributed by atoms with Crippen LogP contribution in [0.3, 0.4) is 0 Å². The number of aliphatic hydroxyl groups is 1. The Morgan fingerprint density at radius 1 is 0.531 bits per heavy atom. The van der Waals surface area contributed by atoms with Crippen LogP contribution in [0.1, 0.15) is 258 Å². The van der Waals surface area contributed by atoms with Gasteiger partial charge in [-0.15, -0.1) is 0 Å². The number of carbonyl (C=O) groups excluding carboxylic acids is 1. The molecule has 64 heavy (non-hydrogen) atoms. The summed E-state index contributed by atoms with van der Waals surface area (Å²) >= 11 is 0. The third-order valence-electron chi connectivity index (χ3n) is 12.3. The van der Waals surface area contributed by atoms with Crippen molar-refractivity contribution in [3.8, 4) is 0 Å². The van der Waals surface area contributed by atoms with Crippen molar-refractivity contribution in [1.29, 1.82) is 0 Å². The Labute approximate surface area is 397 Å². The van der Waals surface area contributed by atoms with E-state index in [4.69, 9.17) is 9.05 Å². The fourth-order valence-electron chi connectivity index (χ4n) is 7.99. The molecule has 3 atom stereocenters. The topological polar surface area (TPSA) is 108 Å². The summed E-state index contributed by atoms with van der Waals surface area (Å²) in [5.41, 5.74) is 0. The second-order valence-corrected chi connectivity index (χ2v) is 21.3. The average Bonchev–Trinajstić information content (AvgIpc) is 3.25. The molecule has 0 radical (unpaired) electrons. The van der Waals surface area contributed by atoms with Gasteiger partial charge in [0.05, 0.1) is 39.9 Å². The van der Waals surface area contributed by atoms with Crippen LogP contribution in [0.25, 0.3) is 0 Å². The zero-order chi connectivity index (χ0) is 47.1. The maximum atomic E-state index is 12.9. The van der Waals surface area contributed by atoms with Crippen molar-refractivity contribution in [2.75, 3.05) is 40.9 Å². The van der Waals surface area contributed by atoms with E-state index in [1.165, 1.54) is 199 Å². The van der Waals surface area contributed by atoms with E-state index in [1.54, 1.807) is 6.08 Å². The van der Waals surface area contributed by atoms with E-state index < -0.39 is 26.6 Å². The minimum Gasteiger partial charge on any atom is -0.756 e. The minimum absolute atomic E-state index is 0.00575. The molecule has 0 aromatic heterocycles. The number of carbonyl (C=O) groups is 1. The molecule has 3 unspecified atom stereocenters. The van der Waals surface area contributed by atoms with Gasteiger partial charge in [0, 0.05) is 6.42 Å². The van der Waals surface area contributed by atoms with E-state index >= 15 is 0 Å². The van der Waals surface area contributed by atoms with Gasteiger partial charge in [-0.3, -0.25) is 9.36 Å². The van der Waals surface area contributed by atoms with Gasteiger partial charge >= 0.3 is 0 Å². The molecule has 0 saturated carbocycles. The van der Waals surface area contributed by atoms with Crippen LogP contribution in [0.5, 0.6) is 0 Å². The van der Waals surface area contributed by atoms with E-state index in [2.05, 4.69) is 43.5 Å². The van der Waals surface area contributed by atoms with Gasteiger partial charge in [-0.2, -0.15) is 0 Å². The lowest BCUT2D eigenvalue weighted by Crippen LogP contribution is -2.45. The fraction of sp³-hybridized carbons (Fsp3) is 0.873. The fourth-order valence-corrected chi connectivity index (χ4v) is 8.71. The molecule has 0 aliphatic heterocycles. The first-order valence-corrected chi connectivity index (χ1v) is 28.8. The predicted molar refractivity (Wildman–Crippen MR) is 275 cm³/mol. The molecule has 0 spiro atoms. The monoisotopic (exact) mass is 923 g/mol. The van der Waals surface area contributed by atoms with Gasteiger partial charge in [0.2, 0.25) is 5.91 Å². The van der Waals surface area contributed by atoms with Crippen LogP contribution in [0.2, 0.25) is 0 Å². The molecule has 0 aromatic rings. The highest BCUT2D eigenvalue weighted by Gasteiger charge is 2.23. The van der Waals surface area contributed by atoms with Crippen molar-refractivity contribution in [3.63, 3.8) is 0 Å². The zero-order valence-electron chi connectivity index (χ0n) is 43.0. The number of likely N-dealkylation sites (N-methyl/N-ethyl adjacent to an activating group) is 1. The van der Waals surface area contributed by atoms with Crippen LogP contribution < -0.4 is 10.2 Å². The number of unbranched alkanes of at least 4 members (excludes halogenated alkanes) is 33. The van der Waals surface area contributed by atoms with E-state index in [1.807, 2.05) is 27.2 Å². The Hall–Kier alpha value is -1.28. The normalized spacial score (nSPS) is 14.3. The van der Waals surface area contributed by atoms with Crippen LogP contribution >= 0.6 is 7.82 Å². The third kappa shape index (κ3) is 48.6. The Kier molecular flexibility index (Phi) is 45.9. The molecule has 0 aromatic carbocycles. The average molecular weight is 923 g/mol. The molecule has 0 aliphatic carbocycles. The third-order valence-corrected chi connectivity index (χ3v) is 13.3. The lowest BCUT2D eigenvalue weighted by molar-refractivity contribution is -0.870. The Morgan fingerprint density at radius 3 is 1.30 bits per heavy atom. The van der Waals surface area contributed by atoms with Gasteiger partial charge in [0.25, 0.3) is 7.82 Å². The minimum atomic E-state index is -4.59. The molecule has 2 N–H and O–H groups in total. The quantitative estimate of drug-likeness (QED) is 0.0272. The smallest absolute Gasteiger partial charge is 0.268 e. The number of nitrogens with zero attached hydrogens (tertiary/aromatic N) is 1. The number of allylic oxidation sites excluding steroid dienone is 5. The molecule has 9 heteroatoms. The molecule has 0 bridgehead atoms. The van der Waals surface area contributed by atoms with Gasteiger partial charge in [0.1, 0.15) is 13.2 Å². The zero-order valence-corrected chi connectivity index (χ0v) is 43.9. The summed E-state index contributed by atoms with van der Waals surface area (Å²) in [6, 6.07) is -0.899. The Morgan fingerprint density at radius 2 is 0.875 bits per heavy atom. The molecular weight excluding hydrogens is 816 g/mol. The molecule has 0 rings (SSSR count). The number of phosphoric acid groups is 1. The molecule has 0 aliphatic rings. The second-order valence-electron chi connectivity index (χ2n) is 19.9. The van der Waals surface area contributed by atoms with Crippen molar-refractivity contribution in [3.05, 3.63) is 36.5 Å². The van der Waals surface area contributed by atoms with E-state index in [-0.39, 0.29) is 12.5 Å². The first kappa shape index (κ1) is 62.7. The van der Waals surface area contributed by atoms with Crippen LogP contribution in [0, 0.1) is 0 Å². The Balaban J connectivity index is 3.92. The number of amides is 1. The van der Waals surface area contributed by atoms with Crippen molar-refractivity contribution in [2.45, 2.75) is 270 Å². The largest absolute Gasteiger partial charge is 0.756 e. The summed E-state index contributed by atoms with van der Waals surface area (Å²) in [6.45, 7) is 4.59. The molecule has 1 amide bonds. The number of hydrogen-bond donors (Lipinski definition) is 2. The van der Waals surface area contributed by atoms with Crippen LogP contribution in [0.15, 0.2) is 36.5 Å². The standard InChI is InChI=1S/C55H107N2O6P/c1-6-8-10-12-14-16-17-18-19-20-21-22-23-24-25-26-27-28-29-30-31-32-33-34-35-36-37-38-39-41-43-45-47-49-55(59)56-53(52-63-64(60,61)62-51-50-57(3,4)5)54(58)48-46-44-42-40-15-13-11-9-7-2/h15,24-25,40,46,48,53-54,58H,6-14,16-23,26-39,41-45,47,49-52H2,1-5H3,(H-,56,59,60,61)/b25-24-,40-15+,48-46+. The lowest BCUT2D eigenvalue weighted by Gasteiger charge is -2.29. The van der Waals surface area contributed by atoms with E-state index in [9.17, 15) is 19.4 Å². The van der Waals surface area contributed by atoms with Crippen molar-refractivity contribution < 1.29 is 32.9 Å². The van der Waals surface area contributed by atoms with Gasteiger partial charge in [-0.1, -0.05) is 230 Å². The molecule has 0 heterocycles. The molecule has 0 saturated heterocycles. The van der Waals surface area contributed by atoms with Crippen LogP contribution in [0.4, 0.5) is 0 Å². The number of aliphatic hydroxyl groups excluding tert-OH is 1. The molecule has 378 valence electrons. The molecular formula is C55H107N2O6P. The Bertz CT molecular complexity index is 1140. The summed E-state index contributed by atoms with van der Waals surface area (Å²) in [6.07, 6.45) is 59.7. The highest BCUT2D eigenvalue weighted by Crippen LogP contribution is 2.38. The number of phosphoric ester groups is 1. The number of rotatable bonds is 50. The summed E-state index contributed by atoms with van der Waals surface area (Å²) in [7, 11) is 1.25. The van der Waals surface area contributed by atoms with E-state index in [0.717, 1.165) is 38.5 Å². The van der Waals surface area contributed by atoms with Crippen molar-refractivity contribution >= 4 is 13.7 Å². The van der Waals surface area contributed by atoms with Crippen molar-refractivity contribution in [2.24, 2.45) is 0 Å². The molecule has 8 nitrogen and oxygen atoms in total. The first-order chi connectivity index (χ1) is 31.0. The molecule has 0 fully saturated rings. The second kappa shape index (κ2) is 46.8. The van der Waals surface area contributed by atoms with Crippen molar-refractivity contribution in [1.82, 2.24) is 5.32 Å². The highest BCUT2D eigenvalue weighted by molar-refractivity contribution is 7.45. The first-order valence-electron chi connectivity index (χ1n) is 27.4. The van der Waals surface area contributed by atoms with Crippen LogP contribution in [-0.4, -0.2) is 68.5 Å². The summed E-state index contributed by atoms with van der Waals surface area (Å²) in [4.78, 5) is 25.3. The predicted octanol–water partition coefficient (Wildman–Crippen LogP) is 15.6.